The van der Waals surface area contributed by atoms with Crippen molar-refractivity contribution in [3.8, 4) is 0 Å². The maximum Gasteiger partial charge on any atom is 0.368 e. The molecule has 0 heterocycles. The molecule has 15 heteroatoms. The molecule has 3 N–H and O–H groups in total. The van der Waals surface area contributed by atoms with E-state index in [9.17, 15) is 33.2 Å². The highest BCUT2D eigenvalue weighted by Crippen LogP contribution is 2.87. The number of hydrogen-bond donors (Lipinski definition) is 3. The summed E-state index contributed by atoms with van der Waals surface area (Å²) in [5.41, 5.74) is 0. The normalized spacial score (nSPS) is 21.4. The molecule has 0 rings (SSSR count). The molecule has 0 aliphatic heterocycles. The van der Waals surface area contributed by atoms with Crippen molar-refractivity contribution in [2.24, 2.45) is 0 Å². The average Bonchev–Trinajstić information content (AvgIpc) is 2.45. The van der Waals surface area contributed by atoms with Crippen LogP contribution in [0.25, 0.3) is 0 Å². The summed E-state index contributed by atoms with van der Waals surface area (Å²) >= 11 is 0. The second kappa shape index (κ2) is 9.19. The Balaban J connectivity index is 7.10. The number of carbonyl (C=O) groups excluding carboxylic acids is 1. The molecule has 0 saturated carbocycles. The van der Waals surface area contributed by atoms with E-state index in [1.807, 2.05) is 0 Å². The van der Waals surface area contributed by atoms with Gasteiger partial charge < -0.3 is 28.3 Å². The molecule has 0 aromatic heterocycles. The summed E-state index contributed by atoms with van der Waals surface area (Å²) in [6.07, 6.45) is 0. The van der Waals surface area contributed by atoms with Crippen LogP contribution in [-0.4, -0.2) is 64.3 Å². The highest BCUT2D eigenvalue weighted by atomic mass is 31.3. The van der Waals surface area contributed by atoms with Crippen molar-refractivity contribution in [3.63, 3.8) is 0 Å². The lowest BCUT2D eigenvalue weighted by Crippen LogP contribution is -2.47. The Bertz CT molecular complexity index is 544. The van der Waals surface area contributed by atoms with Crippen molar-refractivity contribution in [1.82, 2.24) is 5.06 Å². The summed E-state index contributed by atoms with van der Waals surface area (Å²) in [5.74, 6) is -1.78. The lowest BCUT2D eigenvalue weighted by atomic mass is 10.7. The van der Waals surface area contributed by atoms with Crippen molar-refractivity contribution < 1.29 is 51.6 Å². The van der Waals surface area contributed by atoms with Gasteiger partial charge in [0.15, 0.2) is 0 Å². The Morgan fingerprint density at radius 2 is 1.16 bits per heavy atom. The number of amides is 1. The lowest BCUT2D eigenvalue weighted by molar-refractivity contribution is -0.168. The fourth-order valence-corrected chi connectivity index (χ4v) is 9.54. The SMILES string of the molecule is CCOP(=O)(O)C(C(=O)N(C)OC)(P(=O)(O)OCC)P(=O)(O)OCC. The Hall–Kier alpha value is -0.120. The third kappa shape index (κ3) is 4.42. The smallest absolute Gasteiger partial charge is 0.323 e. The van der Waals surface area contributed by atoms with Crippen molar-refractivity contribution in [2.75, 3.05) is 34.0 Å². The third-order valence-electron chi connectivity index (χ3n) is 2.94. The summed E-state index contributed by atoms with van der Waals surface area (Å²) in [6, 6.07) is 0. The highest BCUT2D eigenvalue weighted by Gasteiger charge is 2.80. The second-order valence-electron chi connectivity index (χ2n) is 4.44. The number of nitrogens with zero attached hydrogens (tertiary/aromatic N) is 1. The van der Waals surface area contributed by atoms with E-state index in [0.29, 0.717) is 0 Å². The summed E-state index contributed by atoms with van der Waals surface area (Å²) < 4.78 is 48.1. The van der Waals surface area contributed by atoms with Crippen LogP contribution in [0.5, 0.6) is 0 Å². The Kier molecular flexibility index (Phi) is 9.15. The first-order chi connectivity index (χ1) is 11.3. The molecule has 3 unspecified atom stereocenters. The molecular weight excluding hydrogens is 403 g/mol. The van der Waals surface area contributed by atoms with E-state index in [0.717, 1.165) is 14.2 Å². The average molecular weight is 427 g/mol. The molecule has 0 aromatic rings. The summed E-state index contributed by atoms with van der Waals surface area (Å²) in [6.45, 7) is 2.17. The zero-order valence-corrected chi connectivity index (χ0v) is 17.2. The molecule has 0 radical (unpaired) electrons. The van der Waals surface area contributed by atoms with Gasteiger partial charge in [0.25, 0.3) is 5.91 Å². The first kappa shape index (κ1) is 24.9. The standard InChI is InChI=1S/C10H24NO11P3/c1-6-20-23(13,14)10(9(12)11(4)19-5,24(15,16)21-7-2)25(17,18)22-8-3/h6-8H2,1-5H3,(H,13,14)(H,15,16)(H,17,18). The van der Waals surface area contributed by atoms with Gasteiger partial charge in [-0.25, -0.2) is 5.06 Å². The second-order valence-corrected chi connectivity index (χ2v) is 11.4. The van der Waals surface area contributed by atoms with E-state index in [2.05, 4.69) is 18.4 Å². The number of carbonyl (C=O) groups is 1. The molecular formula is C10H24NO11P3. The Morgan fingerprint density at radius 1 is 0.880 bits per heavy atom. The van der Waals surface area contributed by atoms with Crippen molar-refractivity contribution >= 4 is 28.7 Å². The van der Waals surface area contributed by atoms with Crippen LogP contribution < -0.4 is 0 Å². The molecule has 0 aromatic carbocycles. The van der Waals surface area contributed by atoms with Gasteiger partial charge in [-0.1, -0.05) is 0 Å². The molecule has 0 saturated heterocycles. The number of hydrogen-bond acceptors (Lipinski definition) is 8. The van der Waals surface area contributed by atoms with Crippen LogP contribution in [0, 0.1) is 0 Å². The van der Waals surface area contributed by atoms with Gasteiger partial charge in [0.2, 0.25) is 0 Å². The summed E-state index contributed by atoms with van der Waals surface area (Å²) in [5, 5.41) is 0.242. The quantitative estimate of drug-likeness (QED) is 0.321. The Labute approximate surface area is 145 Å². The topological polar surface area (TPSA) is 169 Å². The van der Waals surface area contributed by atoms with E-state index >= 15 is 0 Å². The van der Waals surface area contributed by atoms with Crippen LogP contribution >= 0.6 is 22.8 Å². The predicted molar refractivity (Wildman–Crippen MR) is 86.9 cm³/mol. The molecule has 3 atom stereocenters. The van der Waals surface area contributed by atoms with Crippen LogP contribution in [0.15, 0.2) is 0 Å². The zero-order valence-electron chi connectivity index (χ0n) is 14.5. The van der Waals surface area contributed by atoms with Gasteiger partial charge in [-0.3, -0.25) is 23.3 Å². The fraction of sp³-hybridized carbons (Fsp3) is 0.900. The van der Waals surface area contributed by atoms with Gasteiger partial charge in [-0.15, -0.1) is 0 Å². The monoisotopic (exact) mass is 427 g/mol. The zero-order chi connectivity index (χ0) is 20.1. The van der Waals surface area contributed by atoms with Crippen LogP contribution in [-0.2, 0) is 36.9 Å². The first-order valence-corrected chi connectivity index (χ1v) is 11.8. The molecule has 0 aliphatic rings. The van der Waals surface area contributed by atoms with Gasteiger partial charge in [0.05, 0.1) is 26.9 Å². The van der Waals surface area contributed by atoms with Gasteiger partial charge in [-0.05, 0) is 20.8 Å². The molecule has 0 spiro atoms. The van der Waals surface area contributed by atoms with E-state index in [-0.39, 0.29) is 5.06 Å². The highest BCUT2D eigenvalue weighted by molar-refractivity contribution is 7.91. The number of hydroxylamine groups is 2. The molecule has 0 aliphatic carbocycles. The minimum Gasteiger partial charge on any atom is -0.323 e. The van der Waals surface area contributed by atoms with Gasteiger partial charge in [0, 0.05) is 7.05 Å². The Morgan fingerprint density at radius 3 is 1.36 bits per heavy atom. The van der Waals surface area contributed by atoms with Gasteiger partial charge in [-0.2, -0.15) is 0 Å². The fourth-order valence-electron chi connectivity index (χ4n) is 1.93. The van der Waals surface area contributed by atoms with E-state index < -0.39 is 53.2 Å². The third-order valence-corrected chi connectivity index (χ3v) is 12.3. The first-order valence-electron chi connectivity index (χ1n) is 7.07. The van der Waals surface area contributed by atoms with Crippen molar-refractivity contribution in [1.29, 1.82) is 0 Å². The van der Waals surface area contributed by atoms with E-state index in [1.165, 1.54) is 20.8 Å². The maximum atomic E-state index is 12.7. The van der Waals surface area contributed by atoms with Crippen LogP contribution in [0.1, 0.15) is 20.8 Å². The number of rotatable bonds is 11. The largest absolute Gasteiger partial charge is 0.368 e. The predicted octanol–water partition coefficient (Wildman–Crippen LogP) is 1.33. The summed E-state index contributed by atoms with van der Waals surface area (Å²) in [7, 11) is -15.0. The molecule has 12 nitrogen and oxygen atoms in total. The van der Waals surface area contributed by atoms with Gasteiger partial charge in [0.1, 0.15) is 0 Å². The maximum absolute atomic E-state index is 12.7. The molecule has 150 valence electrons. The molecule has 1 amide bonds. The van der Waals surface area contributed by atoms with Crippen LogP contribution in [0.3, 0.4) is 0 Å². The van der Waals surface area contributed by atoms with Crippen LogP contribution in [0.2, 0.25) is 0 Å². The minimum absolute atomic E-state index is 0.242. The van der Waals surface area contributed by atoms with Gasteiger partial charge >= 0.3 is 27.4 Å². The summed E-state index contributed by atoms with van der Waals surface area (Å²) in [4.78, 5) is 48.1. The molecule has 0 bridgehead atoms. The molecule has 0 fully saturated rings. The van der Waals surface area contributed by atoms with E-state index in [4.69, 9.17) is 0 Å². The van der Waals surface area contributed by atoms with Crippen LogP contribution in [0.4, 0.5) is 0 Å². The van der Waals surface area contributed by atoms with Crippen molar-refractivity contribution in [2.45, 2.75) is 25.4 Å². The van der Waals surface area contributed by atoms with Crippen molar-refractivity contribution in [3.05, 3.63) is 0 Å². The molecule has 25 heavy (non-hydrogen) atoms. The minimum atomic E-state index is -5.61. The lowest BCUT2D eigenvalue weighted by Gasteiger charge is -2.39. The van der Waals surface area contributed by atoms with E-state index in [1.54, 1.807) is 0 Å².